The summed E-state index contributed by atoms with van der Waals surface area (Å²) >= 11 is 0. The highest BCUT2D eigenvalue weighted by atomic mass is 19.3. The molecule has 0 saturated carbocycles. The van der Waals surface area contributed by atoms with Gasteiger partial charge in [0.25, 0.3) is 5.89 Å². The van der Waals surface area contributed by atoms with Crippen molar-refractivity contribution in [2.45, 2.75) is 26.9 Å². The molecule has 0 saturated heterocycles. The van der Waals surface area contributed by atoms with E-state index >= 15 is 0 Å². The van der Waals surface area contributed by atoms with Crippen molar-refractivity contribution in [1.29, 1.82) is 0 Å². The largest absolute Gasteiger partial charge is 0.487 e. The maximum absolute atomic E-state index is 14.0. The van der Waals surface area contributed by atoms with Crippen LogP contribution in [0.1, 0.15) is 31.9 Å². The van der Waals surface area contributed by atoms with Gasteiger partial charge in [0, 0.05) is 6.20 Å². The van der Waals surface area contributed by atoms with Crippen molar-refractivity contribution >= 4 is 0 Å². The number of benzene rings is 1. The van der Waals surface area contributed by atoms with Crippen LogP contribution >= 0.6 is 0 Å². The summed E-state index contributed by atoms with van der Waals surface area (Å²) in [7, 11) is 0. The molecule has 0 aliphatic rings. The number of pyridine rings is 1. The van der Waals surface area contributed by atoms with E-state index in [2.05, 4.69) is 15.2 Å². The van der Waals surface area contributed by atoms with Gasteiger partial charge in [-0.1, -0.05) is 13.8 Å². The summed E-state index contributed by atoms with van der Waals surface area (Å²) in [6.07, 6.45) is -1.71. The molecule has 9 heteroatoms. The molecule has 0 unspecified atom stereocenters. The molecule has 1 aromatic carbocycles. The molecule has 2 aromatic heterocycles. The first kappa shape index (κ1) is 19.4. The summed E-state index contributed by atoms with van der Waals surface area (Å²) in [6.45, 7) is 3.81. The van der Waals surface area contributed by atoms with E-state index in [0.717, 1.165) is 6.07 Å². The van der Waals surface area contributed by atoms with E-state index < -0.39 is 24.0 Å². The lowest BCUT2D eigenvalue weighted by molar-refractivity contribution is 0.116. The summed E-state index contributed by atoms with van der Waals surface area (Å²) in [5.41, 5.74) is 0.0501. The first-order valence-corrected chi connectivity index (χ1v) is 7.67. The zero-order chi connectivity index (χ0) is 19.1. The molecule has 0 aliphatic carbocycles. The van der Waals surface area contributed by atoms with Crippen LogP contribution in [0.25, 0.3) is 11.5 Å². The first-order chi connectivity index (χ1) is 12.5. The van der Waals surface area contributed by atoms with Crippen LogP contribution in [0.3, 0.4) is 0 Å². The summed E-state index contributed by atoms with van der Waals surface area (Å²) in [5, 5.41) is 6.57. The molecule has 26 heavy (non-hydrogen) atoms. The van der Waals surface area contributed by atoms with Crippen LogP contribution in [0.15, 0.2) is 40.9 Å². The van der Waals surface area contributed by atoms with E-state index in [9.17, 15) is 17.6 Å². The minimum Gasteiger partial charge on any atom is -0.487 e. The zero-order valence-electron chi connectivity index (χ0n) is 13.9. The third-order valence-corrected chi connectivity index (χ3v) is 2.98. The standard InChI is InChI=1S/C15H9F4N3O2.C2H6/c16-9-1-3-10(4-2-9)23-7-12-11(17)5-8(6-20-12)14-21-22-15(24-14)13(18)19;1-2/h1-6,13H,7H2;1-2H3. The minimum absolute atomic E-state index is 0.0170. The number of ether oxygens (including phenoxy) is 1. The molecular weight excluding hydrogens is 354 g/mol. The Balaban J connectivity index is 0.00000117. The topological polar surface area (TPSA) is 61.0 Å². The highest BCUT2D eigenvalue weighted by molar-refractivity contribution is 5.51. The van der Waals surface area contributed by atoms with Crippen LogP contribution < -0.4 is 4.74 Å². The van der Waals surface area contributed by atoms with Crippen LogP contribution in [0.2, 0.25) is 0 Å². The minimum atomic E-state index is -2.91. The van der Waals surface area contributed by atoms with E-state index in [1.54, 1.807) is 0 Å². The fourth-order valence-corrected chi connectivity index (χ4v) is 1.81. The van der Waals surface area contributed by atoms with E-state index in [-0.39, 0.29) is 23.8 Å². The van der Waals surface area contributed by atoms with Gasteiger partial charge in [-0.15, -0.1) is 10.2 Å². The van der Waals surface area contributed by atoms with Gasteiger partial charge in [-0.25, -0.2) is 8.78 Å². The van der Waals surface area contributed by atoms with E-state index in [1.807, 2.05) is 13.8 Å². The maximum Gasteiger partial charge on any atom is 0.314 e. The van der Waals surface area contributed by atoms with Gasteiger partial charge in [0.2, 0.25) is 5.89 Å². The molecule has 138 valence electrons. The van der Waals surface area contributed by atoms with Crippen molar-refractivity contribution in [3.05, 3.63) is 59.7 Å². The molecule has 0 fully saturated rings. The van der Waals surface area contributed by atoms with Crippen molar-refractivity contribution in [1.82, 2.24) is 15.2 Å². The van der Waals surface area contributed by atoms with Gasteiger partial charge < -0.3 is 9.15 Å². The quantitative estimate of drug-likeness (QED) is 0.596. The highest BCUT2D eigenvalue weighted by Crippen LogP contribution is 2.24. The molecule has 0 bridgehead atoms. The normalized spacial score (nSPS) is 10.4. The number of rotatable bonds is 5. The lowest BCUT2D eigenvalue weighted by Crippen LogP contribution is -2.02. The highest BCUT2D eigenvalue weighted by Gasteiger charge is 2.18. The van der Waals surface area contributed by atoms with Crippen LogP contribution in [-0.4, -0.2) is 15.2 Å². The van der Waals surface area contributed by atoms with Gasteiger partial charge in [-0.2, -0.15) is 8.78 Å². The van der Waals surface area contributed by atoms with Crippen molar-refractivity contribution in [2.24, 2.45) is 0 Å². The first-order valence-electron chi connectivity index (χ1n) is 7.67. The maximum atomic E-state index is 14.0. The molecule has 3 aromatic rings. The third kappa shape index (κ3) is 4.78. The van der Waals surface area contributed by atoms with E-state index in [0.29, 0.717) is 5.75 Å². The predicted octanol–water partition coefficient (Wildman–Crippen LogP) is 4.95. The predicted molar refractivity (Wildman–Crippen MR) is 84.5 cm³/mol. The number of nitrogens with zero attached hydrogens (tertiary/aromatic N) is 3. The zero-order valence-corrected chi connectivity index (χ0v) is 13.9. The molecule has 3 rings (SSSR count). The van der Waals surface area contributed by atoms with E-state index in [1.165, 1.54) is 30.5 Å². The number of halogens is 4. The lowest BCUT2D eigenvalue weighted by atomic mass is 10.2. The Hall–Kier alpha value is -2.97. The fraction of sp³-hybridized carbons (Fsp3) is 0.235. The molecule has 0 aliphatic heterocycles. The second-order valence-corrected chi connectivity index (χ2v) is 4.64. The van der Waals surface area contributed by atoms with Gasteiger partial charge in [-0.05, 0) is 30.3 Å². The van der Waals surface area contributed by atoms with Crippen LogP contribution in [0, 0.1) is 11.6 Å². The second kappa shape index (κ2) is 8.93. The van der Waals surface area contributed by atoms with Crippen molar-refractivity contribution in [3.63, 3.8) is 0 Å². The average molecular weight is 369 g/mol. The number of hydrogen-bond donors (Lipinski definition) is 0. The number of aromatic nitrogens is 3. The summed E-state index contributed by atoms with van der Waals surface area (Å²) in [6, 6.07) is 6.23. The lowest BCUT2D eigenvalue weighted by Gasteiger charge is -2.07. The van der Waals surface area contributed by atoms with Crippen LogP contribution in [0.5, 0.6) is 5.75 Å². The van der Waals surface area contributed by atoms with Gasteiger partial charge >= 0.3 is 6.43 Å². The Kier molecular flexibility index (Phi) is 6.65. The van der Waals surface area contributed by atoms with Gasteiger partial charge in [0.15, 0.2) is 0 Å². The van der Waals surface area contributed by atoms with Crippen molar-refractivity contribution in [2.75, 3.05) is 0 Å². The molecule has 2 heterocycles. The van der Waals surface area contributed by atoms with Crippen molar-refractivity contribution < 1.29 is 26.7 Å². The van der Waals surface area contributed by atoms with Crippen molar-refractivity contribution in [3.8, 4) is 17.2 Å². The second-order valence-electron chi connectivity index (χ2n) is 4.64. The SMILES string of the molecule is CC.Fc1ccc(OCc2ncc(-c3nnc(C(F)F)o3)cc2F)cc1. The summed E-state index contributed by atoms with van der Waals surface area (Å²) in [5.74, 6) is -1.91. The molecule has 0 radical (unpaired) electrons. The Morgan fingerprint density at radius 2 is 1.77 bits per heavy atom. The van der Waals surface area contributed by atoms with Gasteiger partial charge in [0.1, 0.15) is 29.7 Å². The Labute approximate surface area is 146 Å². The summed E-state index contributed by atoms with van der Waals surface area (Å²) < 4.78 is 61.6. The van der Waals surface area contributed by atoms with Gasteiger partial charge in [-0.3, -0.25) is 4.98 Å². The average Bonchev–Trinajstić information content (AvgIpc) is 3.14. The molecule has 0 amide bonds. The monoisotopic (exact) mass is 369 g/mol. The molecule has 0 atom stereocenters. The number of alkyl halides is 2. The Morgan fingerprint density at radius 3 is 2.35 bits per heavy atom. The Morgan fingerprint density at radius 1 is 1.08 bits per heavy atom. The number of hydrogen-bond acceptors (Lipinski definition) is 5. The molecule has 5 nitrogen and oxygen atoms in total. The molecule has 0 spiro atoms. The Bertz CT molecular complexity index is 838. The van der Waals surface area contributed by atoms with E-state index in [4.69, 9.17) is 9.15 Å². The van der Waals surface area contributed by atoms with Crippen LogP contribution in [-0.2, 0) is 6.61 Å². The third-order valence-electron chi connectivity index (χ3n) is 2.98. The van der Waals surface area contributed by atoms with Gasteiger partial charge in [0.05, 0.1) is 5.56 Å². The van der Waals surface area contributed by atoms with Crippen LogP contribution in [0.4, 0.5) is 17.6 Å². The molecule has 0 N–H and O–H groups in total. The summed E-state index contributed by atoms with van der Waals surface area (Å²) in [4.78, 5) is 3.85. The molecular formula is C17H15F4N3O2. The smallest absolute Gasteiger partial charge is 0.314 e. The fourth-order valence-electron chi connectivity index (χ4n) is 1.81.